The maximum Gasteiger partial charge on any atom is 0.269 e. The second-order valence-electron chi connectivity index (χ2n) is 8.26. The standard InChI is InChI=1S/C24H27N3O7/c28-22(26-11-15-33-16-12-26)17-34-21-7-3-19(4-8-21)25-23(29)24(9-13-32-14-10-24)18-1-5-20(6-2-18)27(30)31/h1-8H,9-17H2,(H,25,29). The van der Waals surface area contributed by atoms with Crippen molar-refractivity contribution in [3.8, 4) is 5.75 Å². The third-order valence-corrected chi connectivity index (χ3v) is 6.25. The van der Waals surface area contributed by atoms with Crippen molar-refractivity contribution in [1.82, 2.24) is 4.90 Å². The summed E-state index contributed by atoms with van der Waals surface area (Å²) in [6.45, 7) is 2.99. The van der Waals surface area contributed by atoms with Gasteiger partial charge in [0, 0.05) is 44.1 Å². The van der Waals surface area contributed by atoms with Crippen molar-refractivity contribution in [1.29, 1.82) is 0 Å². The Hall–Kier alpha value is -3.50. The van der Waals surface area contributed by atoms with Gasteiger partial charge < -0.3 is 24.4 Å². The Balaban J connectivity index is 1.40. The van der Waals surface area contributed by atoms with Crippen LogP contribution in [0.15, 0.2) is 48.5 Å². The van der Waals surface area contributed by atoms with E-state index < -0.39 is 10.3 Å². The highest BCUT2D eigenvalue weighted by molar-refractivity contribution is 5.99. The predicted octanol–water partition coefficient (Wildman–Crippen LogP) is 2.52. The maximum absolute atomic E-state index is 13.4. The molecule has 2 heterocycles. The smallest absolute Gasteiger partial charge is 0.269 e. The topological polar surface area (TPSA) is 120 Å². The normalized spacial score (nSPS) is 17.6. The summed E-state index contributed by atoms with van der Waals surface area (Å²) in [5, 5.41) is 14.0. The molecule has 0 radical (unpaired) electrons. The molecular weight excluding hydrogens is 442 g/mol. The van der Waals surface area contributed by atoms with Gasteiger partial charge in [-0.1, -0.05) is 12.1 Å². The largest absolute Gasteiger partial charge is 0.484 e. The fourth-order valence-electron chi connectivity index (χ4n) is 4.20. The zero-order valence-corrected chi connectivity index (χ0v) is 18.7. The van der Waals surface area contributed by atoms with Gasteiger partial charge in [-0.15, -0.1) is 0 Å². The van der Waals surface area contributed by atoms with Gasteiger partial charge in [0.15, 0.2) is 6.61 Å². The van der Waals surface area contributed by atoms with E-state index in [1.54, 1.807) is 41.3 Å². The number of hydrogen-bond donors (Lipinski definition) is 1. The van der Waals surface area contributed by atoms with Gasteiger partial charge in [0.2, 0.25) is 5.91 Å². The zero-order chi connectivity index (χ0) is 24.0. The van der Waals surface area contributed by atoms with Crippen LogP contribution in [0.1, 0.15) is 18.4 Å². The van der Waals surface area contributed by atoms with E-state index in [0.717, 1.165) is 5.56 Å². The Labute approximate surface area is 196 Å². The molecule has 2 aliphatic heterocycles. The summed E-state index contributed by atoms with van der Waals surface area (Å²) in [6, 6.07) is 13.0. The second kappa shape index (κ2) is 10.6. The van der Waals surface area contributed by atoms with Crippen LogP contribution in [0.25, 0.3) is 0 Å². The van der Waals surface area contributed by atoms with E-state index in [9.17, 15) is 19.7 Å². The van der Waals surface area contributed by atoms with Gasteiger partial charge in [-0.05, 0) is 42.7 Å². The van der Waals surface area contributed by atoms with Crippen LogP contribution >= 0.6 is 0 Å². The highest BCUT2D eigenvalue weighted by atomic mass is 16.6. The van der Waals surface area contributed by atoms with Gasteiger partial charge >= 0.3 is 0 Å². The van der Waals surface area contributed by atoms with Crippen molar-refractivity contribution in [2.45, 2.75) is 18.3 Å². The van der Waals surface area contributed by atoms with Crippen LogP contribution < -0.4 is 10.1 Å². The number of nitrogens with one attached hydrogen (secondary N) is 1. The SMILES string of the molecule is O=C(COc1ccc(NC(=O)C2(c3ccc([N+](=O)[O-])cc3)CCOCC2)cc1)N1CCOCC1. The Bertz CT molecular complexity index is 1010. The molecule has 2 aliphatic rings. The Morgan fingerprint density at radius 1 is 0.971 bits per heavy atom. The van der Waals surface area contributed by atoms with Gasteiger partial charge in [-0.2, -0.15) is 0 Å². The number of hydrogen-bond acceptors (Lipinski definition) is 7. The number of nitro benzene ring substituents is 1. The van der Waals surface area contributed by atoms with Crippen molar-refractivity contribution in [3.05, 3.63) is 64.2 Å². The van der Waals surface area contributed by atoms with Crippen molar-refractivity contribution in [3.63, 3.8) is 0 Å². The van der Waals surface area contributed by atoms with Crippen LogP contribution in [-0.2, 0) is 24.5 Å². The number of benzene rings is 2. The molecule has 2 aromatic carbocycles. The first kappa shape index (κ1) is 23.7. The zero-order valence-electron chi connectivity index (χ0n) is 18.7. The highest BCUT2D eigenvalue weighted by Crippen LogP contribution is 2.37. The molecule has 1 N–H and O–H groups in total. The van der Waals surface area contributed by atoms with Gasteiger partial charge in [0.25, 0.3) is 11.6 Å². The quantitative estimate of drug-likeness (QED) is 0.489. The lowest BCUT2D eigenvalue weighted by Gasteiger charge is -2.36. The number of morpholine rings is 1. The first-order valence-electron chi connectivity index (χ1n) is 11.2. The molecule has 4 rings (SSSR count). The summed E-state index contributed by atoms with van der Waals surface area (Å²) >= 11 is 0. The van der Waals surface area contributed by atoms with Crippen molar-refractivity contribution >= 4 is 23.2 Å². The average Bonchev–Trinajstić information content (AvgIpc) is 2.89. The van der Waals surface area contributed by atoms with E-state index in [4.69, 9.17) is 14.2 Å². The minimum absolute atomic E-state index is 0.0194. The minimum Gasteiger partial charge on any atom is -0.484 e. The molecule has 10 heteroatoms. The number of amides is 2. The summed E-state index contributed by atoms with van der Waals surface area (Å²) in [4.78, 5) is 37.9. The lowest BCUT2D eigenvalue weighted by atomic mass is 9.73. The van der Waals surface area contributed by atoms with E-state index in [0.29, 0.717) is 63.8 Å². The minimum atomic E-state index is -0.840. The van der Waals surface area contributed by atoms with Crippen LogP contribution in [0.5, 0.6) is 5.75 Å². The third-order valence-electron chi connectivity index (χ3n) is 6.25. The van der Waals surface area contributed by atoms with Gasteiger partial charge in [0.1, 0.15) is 5.75 Å². The molecule has 0 saturated carbocycles. The van der Waals surface area contributed by atoms with E-state index in [-0.39, 0.29) is 24.1 Å². The lowest BCUT2D eigenvalue weighted by Crippen LogP contribution is -2.44. The maximum atomic E-state index is 13.4. The second-order valence-corrected chi connectivity index (χ2v) is 8.26. The van der Waals surface area contributed by atoms with E-state index in [2.05, 4.69) is 5.32 Å². The molecule has 0 atom stereocenters. The number of carbonyl (C=O) groups excluding carboxylic acids is 2. The molecule has 34 heavy (non-hydrogen) atoms. The third kappa shape index (κ3) is 5.35. The highest BCUT2D eigenvalue weighted by Gasteiger charge is 2.42. The Kier molecular flexibility index (Phi) is 7.39. The molecule has 10 nitrogen and oxygen atoms in total. The molecule has 0 spiro atoms. The van der Waals surface area contributed by atoms with Gasteiger partial charge in [0.05, 0.1) is 23.6 Å². The summed E-state index contributed by atoms with van der Waals surface area (Å²) in [6.07, 6.45) is 0.947. The number of anilines is 1. The average molecular weight is 469 g/mol. The fraction of sp³-hybridized carbons (Fsp3) is 0.417. The van der Waals surface area contributed by atoms with Gasteiger partial charge in [-0.3, -0.25) is 19.7 Å². The van der Waals surface area contributed by atoms with Gasteiger partial charge in [-0.25, -0.2) is 0 Å². The molecule has 0 aliphatic carbocycles. The molecule has 2 saturated heterocycles. The number of nitro groups is 1. The number of non-ortho nitro benzene ring substituents is 1. The van der Waals surface area contributed by atoms with Crippen molar-refractivity contribution in [2.24, 2.45) is 0 Å². The monoisotopic (exact) mass is 469 g/mol. The fourth-order valence-corrected chi connectivity index (χ4v) is 4.20. The molecule has 0 unspecified atom stereocenters. The molecule has 2 amide bonds. The molecular formula is C24H27N3O7. The van der Waals surface area contributed by atoms with Crippen molar-refractivity contribution < 1.29 is 28.7 Å². The van der Waals surface area contributed by atoms with Crippen LogP contribution in [0.2, 0.25) is 0 Å². The number of rotatable bonds is 7. The first-order valence-corrected chi connectivity index (χ1v) is 11.2. The summed E-state index contributed by atoms with van der Waals surface area (Å²) in [7, 11) is 0. The van der Waals surface area contributed by atoms with Crippen LogP contribution in [0.4, 0.5) is 11.4 Å². The van der Waals surface area contributed by atoms with E-state index in [1.165, 1.54) is 12.1 Å². The first-order chi connectivity index (χ1) is 16.5. The van der Waals surface area contributed by atoms with Crippen LogP contribution in [0.3, 0.4) is 0 Å². The van der Waals surface area contributed by atoms with Crippen LogP contribution in [-0.4, -0.2) is 67.8 Å². The molecule has 180 valence electrons. The summed E-state index contributed by atoms with van der Waals surface area (Å²) < 4.78 is 16.3. The molecule has 0 aromatic heterocycles. The van der Waals surface area contributed by atoms with E-state index >= 15 is 0 Å². The Morgan fingerprint density at radius 3 is 2.21 bits per heavy atom. The number of ether oxygens (including phenoxy) is 3. The number of carbonyl (C=O) groups is 2. The summed E-state index contributed by atoms with van der Waals surface area (Å²) in [5.74, 6) is 0.238. The Morgan fingerprint density at radius 2 is 1.59 bits per heavy atom. The predicted molar refractivity (Wildman–Crippen MR) is 123 cm³/mol. The molecule has 2 fully saturated rings. The lowest BCUT2D eigenvalue weighted by molar-refractivity contribution is -0.384. The van der Waals surface area contributed by atoms with Crippen LogP contribution in [0, 0.1) is 10.1 Å². The summed E-state index contributed by atoms with van der Waals surface area (Å²) in [5.41, 5.74) is 0.451. The van der Waals surface area contributed by atoms with Crippen molar-refractivity contribution in [2.75, 3.05) is 51.4 Å². The van der Waals surface area contributed by atoms with E-state index in [1.807, 2.05) is 0 Å². The molecule has 2 aromatic rings. The number of nitrogens with zero attached hydrogens (tertiary/aromatic N) is 2. The molecule has 0 bridgehead atoms.